The predicted octanol–water partition coefficient (Wildman–Crippen LogP) is 1.88. The Labute approximate surface area is 163 Å². The molecule has 6 heteroatoms. The van der Waals surface area contributed by atoms with Gasteiger partial charge in [0, 0.05) is 64.5 Å². The molecule has 2 saturated heterocycles. The average molecular weight is 374 g/mol. The van der Waals surface area contributed by atoms with Crippen molar-refractivity contribution in [1.82, 2.24) is 20.2 Å². The Morgan fingerprint density at radius 3 is 2.70 bits per heavy atom. The van der Waals surface area contributed by atoms with E-state index in [0.29, 0.717) is 5.92 Å². The number of hydrogen-bond acceptors (Lipinski definition) is 6. The third kappa shape index (κ3) is 4.79. The van der Waals surface area contributed by atoms with Gasteiger partial charge in [-0.2, -0.15) is 0 Å². The van der Waals surface area contributed by atoms with E-state index in [2.05, 4.69) is 33.2 Å². The minimum atomic E-state index is 0.684. The van der Waals surface area contributed by atoms with Crippen molar-refractivity contribution < 1.29 is 4.74 Å². The zero-order valence-corrected chi connectivity index (χ0v) is 16.8. The van der Waals surface area contributed by atoms with E-state index < -0.39 is 0 Å². The molecule has 6 nitrogen and oxygen atoms in total. The molecule has 1 N–H and O–H groups in total. The molecule has 3 heterocycles. The number of hydrogen-bond donors (Lipinski definition) is 1. The molecule has 1 saturated carbocycles. The SMILES string of the molecule is CCc1cnc(N2CCN(C3CCC3)CC2)nc1CCNCC1CCOC1. The van der Waals surface area contributed by atoms with Gasteiger partial charge in [-0.25, -0.2) is 9.97 Å². The third-order valence-electron chi connectivity index (χ3n) is 6.51. The summed E-state index contributed by atoms with van der Waals surface area (Å²) in [5.74, 6) is 1.61. The molecule has 1 unspecified atom stereocenters. The summed E-state index contributed by atoms with van der Waals surface area (Å²) in [6, 6.07) is 0.849. The second-order valence-corrected chi connectivity index (χ2v) is 8.29. The van der Waals surface area contributed by atoms with Crippen molar-refractivity contribution in [3.8, 4) is 0 Å². The van der Waals surface area contributed by atoms with Crippen molar-refractivity contribution in [2.45, 2.75) is 51.5 Å². The van der Waals surface area contributed by atoms with Crippen molar-refractivity contribution in [3.63, 3.8) is 0 Å². The van der Waals surface area contributed by atoms with Gasteiger partial charge in [0.05, 0.1) is 12.3 Å². The van der Waals surface area contributed by atoms with Gasteiger partial charge in [0.1, 0.15) is 0 Å². The zero-order chi connectivity index (χ0) is 18.5. The van der Waals surface area contributed by atoms with Gasteiger partial charge in [0.15, 0.2) is 0 Å². The van der Waals surface area contributed by atoms with Crippen LogP contribution in [0.15, 0.2) is 6.20 Å². The molecule has 1 aliphatic carbocycles. The van der Waals surface area contributed by atoms with Crippen molar-refractivity contribution in [3.05, 3.63) is 17.5 Å². The highest BCUT2D eigenvalue weighted by Gasteiger charge is 2.28. The fourth-order valence-corrected chi connectivity index (χ4v) is 4.39. The Morgan fingerprint density at radius 1 is 1.19 bits per heavy atom. The van der Waals surface area contributed by atoms with Gasteiger partial charge in [0.25, 0.3) is 0 Å². The van der Waals surface area contributed by atoms with Gasteiger partial charge in [-0.05, 0) is 37.2 Å². The van der Waals surface area contributed by atoms with Crippen LogP contribution in [0.2, 0.25) is 0 Å². The molecule has 3 aliphatic rings. The largest absolute Gasteiger partial charge is 0.381 e. The highest BCUT2D eigenvalue weighted by atomic mass is 16.5. The summed E-state index contributed by atoms with van der Waals surface area (Å²) in [4.78, 5) is 14.7. The number of nitrogens with zero attached hydrogens (tertiary/aromatic N) is 4. The molecule has 4 rings (SSSR count). The summed E-state index contributed by atoms with van der Waals surface area (Å²) in [5.41, 5.74) is 2.51. The standard InChI is InChI=1S/C21H35N5O/c1-2-18-15-23-21(26-11-9-25(10-12-26)19-4-3-5-19)24-20(18)6-8-22-14-17-7-13-27-16-17/h15,17,19,22H,2-14,16H2,1H3. The molecule has 0 spiro atoms. The monoisotopic (exact) mass is 373 g/mol. The Hall–Kier alpha value is -1.24. The lowest BCUT2D eigenvalue weighted by molar-refractivity contribution is 0.120. The lowest BCUT2D eigenvalue weighted by Crippen LogP contribution is -2.52. The summed E-state index contributed by atoms with van der Waals surface area (Å²) in [6.45, 7) is 10.5. The van der Waals surface area contributed by atoms with Gasteiger partial charge in [0.2, 0.25) is 5.95 Å². The second kappa shape index (κ2) is 9.30. The topological polar surface area (TPSA) is 53.5 Å². The van der Waals surface area contributed by atoms with Gasteiger partial charge in [-0.3, -0.25) is 4.90 Å². The number of piperazine rings is 1. The Bertz CT molecular complexity index is 592. The Morgan fingerprint density at radius 2 is 2.04 bits per heavy atom. The Balaban J connectivity index is 1.30. The van der Waals surface area contributed by atoms with Crippen LogP contribution in [-0.4, -0.2) is 73.4 Å². The lowest BCUT2D eigenvalue weighted by Gasteiger charge is -2.43. The van der Waals surface area contributed by atoms with Crippen LogP contribution in [0.3, 0.4) is 0 Å². The smallest absolute Gasteiger partial charge is 0.225 e. The van der Waals surface area contributed by atoms with E-state index in [0.717, 1.165) is 77.3 Å². The number of rotatable bonds is 8. The molecule has 0 aromatic carbocycles. The van der Waals surface area contributed by atoms with Crippen LogP contribution in [0, 0.1) is 5.92 Å². The molecule has 1 aromatic heterocycles. The average Bonchev–Trinajstić information content (AvgIpc) is 3.18. The maximum atomic E-state index is 5.46. The highest BCUT2D eigenvalue weighted by molar-refractivity contribution is 5.34. The van der Waals surface area contributed by atoms with E-state index in [9.17, 15) is 0 Å². The maximum Gasteiger partial charge on any atom is 0.225 e. The molecular formula is C21H35N5O. The van der Waals surface area contributed by atoms with Crippen LogP contribution in [0.5, 0.6) is 0 Å². The molecule has 1 aromatic rings. The van der Waals surface area contributed by atoms with Crippen LogP contribution < -0.4 is 10.2 Å². The van der Waals surface area contributed by atoms with Crippen LogP contribution >= 0.6 is 0 Å². The quantitative estimate of drug-likeness (QED) is 0.702. The van der Waals surface area contributed by atoms with Gasteiger partial charge in [-0.1, -0.05) is 13.3 Å². The Kier molecular flexibility index (Phi) is 6.58. The number of ether oxygens (including phenoxy) is 1. The summed E-state index contributed by atoms with van der Waals surface area (Å²) in [6.07, 6.45) is 9.43. The van der Waals surface area contributed by atoms with Gasteiger partial charge >= 0.3 is 0 Å². The van der Waals surface area contributed by atoms with Crippen LogP contribution in [0.25, 0.3) is 0 Å². The van der Waals surface area contributed by atoms with E-state index in [-0.39, 0.29) is 0 Å². The highest BCUT2D eigenvalue weighted by Crippen LogP contribution is 2.26. The number of aryl methyl sites for hydroxylation is 1. The zero-order valence-electron chi connectivity index (χ0n) is 16.8. The van der Waals surface area contributed by atoms with Gasteiger partial charge < -0.3 is 15.0 Å². The molecule has 0 radical (unpaired) electrons. The molecule has 27 heavy (non-hydrogen) atoms. The molecule has 2 aliphatic heterocycles. The second-order valence-electron chi connectivity index (χ2n) is 8.29. The van der Waals surface area contributed by atoms with E-state index in [4.69, 9.17) is 9.72 Å². The first-order valence-electron chi connectivity index (χ1n) is 11.0. The number of anilines is 1. The summed E-state index contributed by atoms with van der Waals surface area (Å²) in [7, 11) is 0. The van der Waals surface area contributed by atoms with E-state index in [1.165, 1.54) is 36.9 Å². The first kappa shape index (κ1) is 19.1. The van der Waals surface area contributed by atoms with E-state index >= 15 is 0 Å². The first-order valence-corrected chi connectivity index (χ1v) is 11.0. The normalized spacial score (nSPS) is 24.3. The van der Waals surface area contributed by atoms with Crippen molar-refractivity contribution in [2.75, 3.05) is 57.4 Å². The van der Waals surface area contributed by atoms with E-state index in [1.54, 1.807) is 0 Å². The summed E-state index contributed by atoms with van der Waals surface area (Å²) < 4.78 is 5.46. The van der Waals surface area contributed by atoms with Crippen molar-refractivity contribution >= 4 is 5.95 Å². The first-order chi connectivity index (χ1) is 13.3. The summed E-state index contributed by atoms with van der Waals surface area (Å²) in [5, 5.41) is 3.60. The number of aromatic nitrogens is 2. The number of nitrogens with one attached hydrogen (secondary N) is 1. The molecular weight excluding hydrogens is 338 g/mol. The molecule has 150 valence electrons. The predicted molar refractivity (Wildman–Crippen MR) is 108 cm³/mol. The maximum absolute atomic E-state index is 5.46. The fourth-order valence-electron chi connectivity index (χ4n) is 4.39. The fraction of sp³-hybridized carbons (Fsp3) is 0.810. The third-order valence-corrected chi connectivity index (χ3v) is 6.51. The van der Waals surface area contributed by atoms with Gasteiger partial charge in [-0.15, -0.1) is 0 Å². The van der Waals surface area contributed by atoms with E-state index in [1.807, 2.05) is 0 Å². The minimum absolute atomic E-state index is 0.684. The molecule has 0 amide bonds. The molecule has 1 atom stereocenters. The van der Waals surface area contributed by atoms with Crippen LogP contribution in [0.1, 0.15) is 43.9 Å². The van der Waals surface area contributed by atoms with Crippen molar-refractivity contribution in [1.29, 1.82) is 0 Å². The van der Waals surface area contributed by atoms with Crippen molar-refractivity contribution in [2.24, 2.45) is 5.92 Å². The van der Waals surface area contributed by atoms with Crippen LogP contribution in [0.4, 0.5) is 5.95 Å². The van der Waals surface area contributed by atoms with Crippen LogP contribution in [-0.2, 0) is 17.6 Å². The molecule has 0 bridgehead atoms. The summed E-state index contributed by atoms with van der Waals surface area (Å²) >= 11 is 0. The molecule has 3 fully saturated rings. The minimum Gasteiger partial charge on any atom is -0.381 e. The lowest BCUT2D eigenvalue weighted by atomic mass is 9.91.